The minimum absolute atomic E-state index is 0.00148. The molecule has 3 rings (SSSR count). The Morgan fingerprint density at radius 3 is 2.52 bits per heavy atom. The monoisotopic (exact) mass is 418 g/mol. The van der Waals surface area contributed by atoms with Gasteiger partial charge in [-0.15, -0.1) is 0 Å². The first-order valence-electron chi connectivity index (χ1n) is 9.60. The van der Waals surface area contributed by atoms with Gasteiger partial charge in [0.2, 0.25) is 5.91 Å². The van der Waals surface area contributed by atoms with Crippen LogP contribution in [0.25, 0.3) is 0 Å². The molecule has 1 aliphatic heterocycles. The summed E-state index contributed by atoms with van der Waals surface area (Å²) in [5, 5.41) is 0. The van der Waals surface area contributed by atoms with Crippen molar-refractivity contribution in [1.82, 2.24) is 0 Å². The Bertz CT molecular complexity index is 1000. The first kappa shape index (κ1) is 21.0. The molecule has 2 aromatic rings. The summed E-state index contributed by atoms with van der Waals surface area (Å²) in [5.74, 6) is 1.20. The van der Waals surface area contributed by atoms with Gasteiger partial charge in [-0.1, -0.05) is 6.92 Å². The van der Waals surface area contributed by atoms with Gasteiger partial charge < -0.3 is 14.4 Å². The Hall–Kier alpha value is -2.74. The molecule has 1 aliphatic rings. The van der Waals surface area contributed by atoms with Crippen molar-refractivity contribution < 1.29 is 22.7 Å². The van der Waals surface area contributed by atoms with Gasteiger partial charge in [-0.05, 0) is 61.7 Å². The highest BCUT2D eigenvalue weighted by atomic mass is 32.2. The van der Waals surface area contributed by atoms with E-state index in [0.717, 1.165) is 18.4 Å². The van der Waals surface area contributed by atoms with Gasteiger partial charge in [0.15, 0.2) is 0 Å². The maximum absolute atomic E-state index is 12.9. The molecule has 2 aromatic carbocycles. The number of carbonyl (C=O) groups is 1. The zero-order valence-electron chi connectivity index (χ0n) is 16.9. The largest absolute Gasteiger partial charge is 0.495 e. The highest BCUT2D eigenvalue weighted by Crippen LogP contribution is 2.34. The summed E-state index contributed by atoms with van der Waals surface area (Å²) in [7, 11) is -2.27. The van der Waals surface area contributed by atoms with Crippen LogP contribution in [0.15, 0.2) is 41.3 Å². The SMILES string of the molecule is CCCOc1ccc(S(=O)(=O)Nc2ccc(OC)c(N3CCCC3=O)c2)cc1C. The fraction of sp³-hybridized carbons (Fsp3) is 0.381. The van der Waals surface area contributed by atoms with E-state index in [9.17, 15) is 13.2 Å². The normalized spacial score (nSPS) is 14.2. The predicted molar refractivity (Wildman–Crippen MR) is 112 cm³/mol. The van der Waals surface area contributed by atoms with E-state index in [1.165, 1.54) is 13.2 Å². The number of benzene rings is 2. The van der Waals surface area contributed by atoms with E-state index in [1.807, 2.05) is 13.8 Å². The lowest BCUT2D eigenvalue weighted by Crippen LogP contribution is -2.24. The smallest absolute Gasteiger partial charge is 0.261 e. The Labute approximate surface area is 171 Å². The molecule has 1 N–H and O–H groups in total. The summed E-state index contributed by atoms with van der Waals surface area (Å²) < 4.78 is 39.3. The molecule has 0 saturated carbocycles. The molecule has 1 saturated heterocycles. The third-order valence-corrected chi connectivity index (χ3v) is 6.09. The van der Waals surface area contributed by atoms with Crippen LogP contribution in [0.1, 0.15) is 31.7 Å². The van der Waals surface area contributed by atoms with Crippen molar-refractivity contribution in [1.29, 1.82) is 0 Å². The van der Waals surface area contributed by atoms with E-state index in [-0.39, 0.29) is 10.8 Å². The first-order chi connectivity index (χ1) is 13.9. The van der Waals surface area contributed by atoms with Crippen LogP contribution >= 0.6 is 0 Å². The number of hydrogen-bond acceptors (Lipinski definition) is 5. The Morgan fingerprint density at radius 2 is 1.90 bits per heavy atom. The molecular formula is C21H26N2O5S. The highest BCUT2D eigenvalue weighted by molar-refractivity contribution is 7.92. The number of ether oxygens (including phenoxy) is 2. The second-order valence-corrected chi connectivity index (χ2v) is 8.60. The van der Waals surface area contributed by atoms with Crippen LogP contribution in [0.4, 0.5) is 11.4 Å². The number of sulfonamides is 1. The molecule has 0 aliphatic carbocycles. The quantitative estimate of drug-likeness (QED) is 0.706. The van der Waals surface area contributed by atoms with Gasteiger partial charge >= 0.3 is 0 Å². The molecule has 29 heavy (non-hydrogen) atoms. The minimum atomic E-state index is -3.80. The van der Waals surface area contributed by atoms with Crippen LogP contribution in [0.3, 0.4) is 0 Å². The zero-order chi connectivity index (χ0) is 21.0. The third-order valence-electron chi connectivity index (χ3n) is 4.71. The summed E-state index contributed by atoms with van der Waals surface area (Å²) in [4.78, 5) is 13.9. The number of aryl methyl sites for hydroxylation is 1. The van der Waals surface area contributed by atoms with Crippen LogP contribution in [0.2, 0.25) is 0 Å². The average Bonchev–Trinajstić information content (AvgIpc) is 3.12. The molecule has 0 bridgehead atoms. The summed E-state index contributed by atoms with van der Waals surface area (Å²) in [6.07, 6.45) is 2.12. The maximum atomic E-state index is 12.9. The van der Waals surface area contributed by atoms with Crippen LogP contribution < -0.4 is 19.1 Å². The summed E-state index contributed by atoms with van der Waals surface area (Å²) in [6.45, 7) is 4.99. The highest BCUT2D eigenvalue weighted by Gasteiger charge is 2.25. The van der Waals surface area contributed by atoms with E-state index in [2.05, 4.69) is 4.72 Å². The number of rotatable bonds is 8. The molecular weight excluding hydrogens is 392 g/mol. The van der Waals surface area contributed by atoms with E-state index in [0.29, 0.717) is 42.4 Å². The van der Waals surface area contributed by atoms with Crippen molar-refractivity contribution in [2.45, 2.75) is 38.0 Å². The molecule has 0 unspecified atom stereocenters. The zero-order valence-corrected chi connectivity index (χ0v) is 17.7. The molecule has 0 atom stereocenters. The van der Waals surface area contributed by atoms with Crippen molar-refractivity contribution in [2.24, 2.45) is 0 Å². The molecule has 0 radical (unpaired) electrons. The van der Waals surface area contributed by atoms with Gasteiger partial charge in [-0.25, -0.2) is 8.42 Å². The van der Waals surface area contributed by atoms with E-state index in [4.69, 9.17) is 9.47 Å². The summed E-state index contributed by atoms with van der Waals surface area (Å²) in [6, 6.07) is 9.68. The van der Waals surface area contributed by atoms with Gasteiger partial charge in [0.05, 0.1) is 30.0 Å². The predicted octanol–water partition coefficient (Wildman–Crippen LogP) is 3.72. The number of carbonyl (C=O) groups excluding carboxylic acids is 1. The number of amides is 1. The topological polar surface area (TPSA) is 84.9 Å². The lowest BCUT2D eigenvalue weighted by Gasteiger charge is -2.20. The van der Waals surface area contributed by atoms with Crippen LogP contribution in [-0.4, -0.2) is 34.6 Å². The fourth-order valence-corrected chi connectivity index (χ4v) is 4.38. The molecule has 7 nitrogen and oxygen atoms in total. The Balaban J connectivity index is 1.87. The number of nitrogens with zero attached hydrogens (tertiary/aromatic N) is 1. The van der Waals surface area contributed by atoms with Gasteiger partial charge in [-0.3, -0.25) is 9.52 Å². The van der Waals surface area contributed by atoms with Crippen molar-refractivity contribution in [3.8, 4) is 11.5 Å². The van der Waals surface area contributed by atoms with Gasteiger partial charge in [0, 0.05) is 13.0 Å². The molecule has 0 aromatic heterocycles. The van der Waals surface area contributed by atoms with Crippen LogP contribution in [-0.2, 0) is 14.8 Å². The first-order valence-corrected chi connectivity index (χ1v) is 11.1. The van der Waals surface area contributed by atoms with Gasteiger partial charge in [0.1, 0.15) is 11.5 Å². The van der Waals surface area contributed by atoms with Crippen molar-refractivity contribution in [3.05, 3.63) is 42.0 Å². The lowest BCUT2D eigenvalue weighted by atomic mass is 10.2. The van der Waals surface area contributed by atoms with Crippen molar-refractivity contribution in [3.63, 3.8) is 0 Å². The molecule has 1 amide bonds. The minimum Gasteiger partial charge on any atom is -0.495 e. The molecule has 0 spiro atoms. The Morgan fingerprint density at radius 1 is 1.14 bits per heavy atom. The summed E-state index contributed by atoms with van der Waals surface area (Å²) in [5.41, 5.74) is 1.68. The summed E-state index contributed by atoms with van der Waals surface area (Å²) >= 11 is 0. The molecule has 1 fully saturated rings. The molecule has 156 valence electrons. The van der Waals surface area contributed by atoms with Gasteiger partial charge in [0.25, 0.3) is 10.0 Å². The van der Waals surface area contributed by atoms with Gasteiger partial charge in [-0.2, -0.15) is 0 Å². The van der Waals surface area contributed by atoms with Crippen molar-refractivity contribution >= 4 is 27.3 Å². The average molecular weight is 419 g/mol. The fourth-order valence-electron chi connectivity index (χ4n) is 3.24. The second kappa shape index (κ2) is 8.73. The van der Waals surface area contributed by atoms with Crippen molar-refractivity contribution in [2.75, 3.05) is 29.9 Å². The standard InChI is InChI=1S/C21H26N2O5S/c1-4-12-28-19-10-8-17(13-15(19)2)29(25,26)22-16-7-9-20(27-3)18(14-16)23-11-5-6-21(23)24/h7-10,13-14,22H,4-6,11-12H2,1-3H3. The van der Waals surface area contributed by atoms with Crippen LogP contribution in [0, 0.1) is 6.92 Å². The second-order valence-electron chi connectivity index (χ2n) is 6.92. The number of anilines is 2. The number of methoxy groups -OCH3 is 1. The lowest BCUT2D eigenvalue weighted by molar-refractivity contribution is -0.117. The van der Waals surface area contributed by atoms with E-state index < -0.39 is 10.0 Å². The number of nitrogens with one attached hydrogen (secondary N) is 1. The van der Waals surface area contributed by atoms with Crippen LogP contribution in [0.5, 0.6) is 11.5 Å². The van der Waals surface area contributed by atoms with E-state index >= 15 is 0 Å². The van der Waals surface area contributed by atoms with E-state index in [1.54, 1.807) is 35.2 Å². The third kappa shape index (κ3) is 4.64. The molecule has 8 heteroatoms. The Kier molecular flexibility index (Phi) is 6.32. The molecule has 1 heterocycles. The number of hydrogen-bond donors (Lipinski definition) is 1. The maximum Gasteiger partial charge on any atom is 0.261 e.